The summed E-state index contributed by atoms with van der Waals surface area (Å²) in [6.45, 7) is 15.5. The number of fused-ring (bicyclic) bond motifs is 2. The number of hydrogen-bond donors (Lipinski definition) is 1. The van der Waals surface area contributed by atoms with E-state index >= 15 is 0 Å². The van der Waals surface area contributed by atoms with Crippen molar-refractivity contribution in [2.45, 2.75) is 64.6 Å². The molecule has 0 aromatic carbocycles. The molecule has 2 saturated heterocycles. The van der Waals surface area contributed by atoms with E-state index < -0.39 is 65.2 Å². The van der Waals surface area contributed by atoms with Crippen molar-refractivity contribution >= 4 is 24.2 Å². The van der Waals surface area contributed by atoms with E-state index in [1.54, 1.807) is 26.8 Å². The molecule has 33 heavy (non-hydrogen) atoms. The Morgan fingerprint density at radius 2 is 1.88 bits per heavy atom. The monoisotopic (exact) mass is 462 g/mol. The van der Waals surface area contributed by atoms with Crippen LogP contribution in [0.3, 0.4) is 0 Å². The first kappa shape index (κ1) is 24.9. The summed E-state index contributed by atoms with van der Waals surface area (Å²) in [5, 5.41) is 10.2. The molecule has 0 radical (unpaired) electrons. The Bertz CT molecular complexity index is 936. The minimum absolute atomic E-state index is 0.0711. The van der Waals surface area contributed by atoms with Crippen molar-refractivity contribution < 1.29 is 43.2 Å². The maximum atomic E-state index is 12.7. The van der Waals surface area contributed by atoms with Crippen molar-refractivity contribution in [3.63, 3.8) is 0 Å². The first-order valence-electron chi connectivity index (χ1n) is 10.7. The van der Waals surface area contributed by atoms with Gasteiger partial charge in [0.1, 0.15) is 18.5 Å². The molecule has 2 bridgehead atoms. The lowest BCUT2D eigenvalue weighted by Gasteiger charge is -2.57. The van der Waals surface area contributed by atoms with E-state index in [9.17, 15) is 24.3 Å². The third-order valence-corrected chi connectivity index (χ3v) is 6.84. The summed E-state index contributed by atoms with van der Waals surface area (Å²) in [6.07, 6.45) is -1.63. The molecule has 180 valence electrons. The van der Waals surface area contributed by atoms with Crippen LogP contribution in [0.4, 0.5) is 0 Å². The zero-order valence-electron chi connectivity index (χ0n) is 19.5. The summed E-state index contributed by atoms with van der Waals surface area (Å²) >= 11 is 0. The molecule has 3 aliphatic rings. The van der Waals surface area contributed by atoms with Crippen LogP contribution >= 0.6 is 0 Å². The number of allylic oxidation sites excluding steroid dienone is 1. The number of epoxide rings is 1. The normalized spacial score (nSPS) is 35.9. The molecule has 3 rings (SSSR count). The third kappa shape index (κ3) is 4.15. The number of ether oxygens (including phenoxy) is 4. The Morgan fingerprint density at radius 3 is 2.36 bits per heavy atom. The Morgan fingerprint density at radius 1 is 1.27 bits per heavy atom. The molecule has 9 heteroatoms. The van der Waals surface area contributed by atoms with E-state index in [2.05, 4.69) is 13.2 Å². The van der Waals surface area contributed by atoms with Crippen molar-refractivity contribution in [2.24, 2.45) is 17.3 Å². The number of hydrogen-bond acceptors (Lipinski definition) is 9. The van der Waals surface area contributed by atoms with Crippen LogP contribution in [0.5, 0.6) is 0 Å². The predicted molar refractivity (Wildman–Crippen MR) is 115 cm³/mol. The quantitative estimate of drug-likeness (QED) is 0.196. The largest absolute Gasteiger partial charge is 0.459 e. The molecule has 2 heterocycles. The van der Waals surface area contributed by atoms with Gasteiger partial charge in [0.15, 0.2) is 11.7 Å². The van der Waals surface area contributed by atoms with Gasteiger partial charge in [-0.3, -0.25) is 4.79 Å². The summed E-state index contributed by atoms with van der Waals surface area (Å²) in [6, 6.07) is 0. The minimum Gasteiger partial charge on any atom is -0.459 e. The fourth-order valence-electron chi connectivity index (χ4n) is 4.74. The lowest BCUT2D eigenvalue weighted by molar-refractivity contribution is -0.237. The smallest absolute Gasteiger partial charge is 0.337 e. The molecule has 1 N–H and O–H groups in total. The second-order valence-electron chi connectivity index (χ2n) is 9.51. The predicted octanol–water partition coefficient (Wildman–Crippen LogP) is 1.43. The molecule has 9 nitrogen and oxygen atoms in total. The Balaban J connectivity index is 2.19. The minimum atomic E-state index is -1.86. The van der Waals surface area contributed by atoms with Crippen LogP contribution in [0.2, 0.25) is 0 Å². The third-order valence-electron chi connectivity index (χ3n) is 6.84. The van der Waals surface area contributed by atoms with Gasteiger partial charge in [0, 0.05) is 22.5 Å². The second-order valence-corrected chi connectivity index (χ2v) is 9.51. The Kier molecular flexibility index (Phi) is 6.43. The highest BCUT2D eigenvalue weighted by molar-refractivity contribution is 5.91. The average molecular weight is 462 g/mol. The van der Waals surface area contributed by atoms with Crippen LogP contribution in [-0.4, -0.2) is 65.9 Å². The van der Waals surface area contributed by atoms with Crippen LogP contribution in [0.1, 0.15) is 34.6 Å². The van der Waals surface area contributed by atoms with Gasteiger partial charge in [-0.05, 0) is 33.3 Å². The highest BCUT2D eigenvalue weighted by Crippen LogP contribution is 2.58. The van der Waals surface area contributed by atoms with E-state index in [-0.39, 0.29) is 11.1 Å². The molecule has 2 aliphatic heterocycles. The molecule has 0 aromatic rings. The van der Waals surface area contributed by atoms with Crippen LogP contribution in [0.25, 0.3) is 0 Å². The highest BCUT2D eigenvalue weighted by atomic mass is 16.6. The Labute approximate surface area is 192 Å². The van der Waals surface area contributed by atoms with E-state index in [0.29, 0.717) is 18.5 Å². The van der Waals surface area contributed by atoms with Gasteiger partial charge in [-0.1, -0.05) is 26.2 Å². The lowest BCUT2D eigenvalue weighted by atomic mass is 9.54. The number of aliphatic hydroxyl groups is 1. The topological polar surface area (TPSA) is 129 Å². The van der Waals surface area contributed by atoms with Crippen LogP contribution in [0.15, 0.2) is 36.0 Å². The van der Waals surface area contributed by atoms with Crippen LogP contribution < -0.4 is 0 Å². The number of carbonyl (C=O) groups is 4. The van der Waals surface area contributed by atoms with Crippen molar-refractivity contribution in [3.05, 3.63) is 36.0 Å². The number of carbonyl (C=O) groups excluding carboxylic acids is 4. The number of esters is 3. The molecule has 0 spiro atoms. The molecular weight excluding hydrogens is 432 g/mol. The van der Waals surface area contributed by atoms with Crippen LogP contribution in [-0.2, 0) is 38.1 Å². The molecule has 0 aromatic heterocycles. The SMILES string of the molecule is C=C1C(=O)O[C@H]2[C@H](OC(=O)/C(C)=C\C)[C@@H]1[C@@H](OC(=O)C(C)(C)O)[C@@H](C(=C)C=O)[C@]2(C)[C@H]1CO1. The fourth-order valence-corrected chi connectivity index (χ4v) is 4.74. The summed E-state index contributed by atoms with van der Waals surface area (Å²) in [4.78, 5) is 50.0. The highest BCUT2D eigenvalue weighted by Gasteiger charge is 2.70. The summed E-state index contributed by atoms with van der Waals surface area (Å²) < 4.78 is 22.8. The summed E-state index contributed by atoms with van der Waals surface area (Å²) in [5.41, 5.74) is -2.63. The average Bonchev–Trinajstić information content (AvgIpc) is 3.59. The number of aldehydes is 1. The molecule has 7 atom stereocenters. The zero-order valence-corrected chi connectivity index (χ0v) is 19.5. The maximum absolute atomic E-state index is 12.7. The van der Waals surface area contributed by atoms with Gasteiger partial charge in [0.2, 0.25) is 0 Å². The molecule has 1 saturated carbocycles. The molecule has 3 fully saturated rings. The lowest BCUT2D eigenvalue weighted by Crippen LogP contribution is -2.69. The standard InChI is InChI=1S/C24H30O9/c1-8-11(2)20(26)31-18-15-13(4)21(27)33-19(18)24(7,14-10-30-14)16(12(3)9-25)17(15)32-22(28)23(5,6)29/h8-9,14-19,29H,3-4,10H2,1-2,5-7H3/b11-8-/t14-,15+,16-,17-,18-,19+,24+/m1/s1. The van der Waals surface area contributed by atoms with Gasteiger partial charge < -0.3 is 24.1 Å². The fraction of sp³-hybridized carbons (Fsp3) is 0.583. The van der Waals surface area contributed by atoms with Gasteiger partial charge in [-0.15, -0.1) is 0 Å². The van der Waals surface area contributed by atoms with Gasteiger partial charge in [0.05, 0.1) is 18.6 Å². The molecular formula is C24H30O9. The summed E-state index contributed by atoms with van der Waals surface area (Å²) in [7, 11) is 0. The van der Waals surface area contributed by atoms with Gasteiger partial charge >= 0.3 is 17.9 Å². The first-order valence-corrected chi connectivity index (χ1v) is 10.7. The van der Waals surface area contributed by atoms with E-state index in [1.165, 1.54) is 13.8 Å². The summed E-state index contributed by atoms with van der Waals surface area (Å²) in [5.74, 6) is -4.22. The van der Waals surface area contributed by atoms with E-state index in [0.717, 1.165) is 0 Å². The van der Waals surface area contributed by atoms with Crippen molar-refractivity contribution in [3.8, 4) is 0 Å². The molecule has 1 aliphatic carbocycles. The van der Waals surface area contributed by atoms with E-state index in [4.69, 9.17) is 18.9 Å². The van der Waals surface area contributed by atoms with Crippen molar-refractivity contribution in [1.82, 2.24) is 0 Å². The second kappa shape index (κ2) is 8.53. The van der Waals surface area contributed by atoms with E-state index in [1.807, 2.05) is 0 Å². The van der Waals surface area contributed by atoms with Gasteiger partial charge in [-0.2, -0.15) is 0 Å². The zero-order chi connectivity index (χ0) is 24.9. The van der Waals surface area contributed by atoms with Gasteiger partial charge in [-0.25, -0.2) is 14.4 Å². The molecule has 0 amide bonds. The van der Waals surface area contributed by atoms with Crippen LogP contribution in [0, 0.1) is 17.3 Å². The first-order chi connectivity index (χ1) is 15.3. The van der Waals surface area contributed by atoms with Gasteiger partial charge in [0.25, 0.3) is 0 Å². The maximum Gasteiger partial charge on any atom is 0.337 e. The Hall–Kier alpha value is -2.78. The van der Waals surface area contributed by atoms with Crippen molar-refractivity contribution in [2.75, 3.05) is 6.61 Å². The van der Waals surface area contributed by atoms with Crippen molar-refractivity contribution in [1.29, 1.82) is 0 Å². The molecule has 0 unspecified atom stereocenters. The number of rotatable bonds is 7.